The molecule has 1 aliphatic carbocycles. The number of nitrogens with one attached hydrogen (secondary N) is 1. The van der Waals surface area contributed by atoms with Gasteiger partial charge in [-0.1, -0.05) is 5.16 Å². The third-order valence-electron chi connectivity index (χ3n) is 2.24. The van der Waals surface area contributed by atoms with Crippen LogP contribution in [-0.4, -0.2) is 24.3 Å². The summed E-state index contributed by atoms with van der Waals surface area (Å²) in [5, 5.41) is 6.61. The van der Waals surface area contributed by atoms with Gasteiger partial charge in [0.25, 0.3) is 5.91 Å². The zero-order valence-corrected chi connectivity index (χ0v) is 6.88. The molecule has 1 saturated carbocycles. The second-order valence-corrected chi connectivity index (χ2v) is 3.18. The Kier molecular flexibility index (Phi) is 1.98. The molecule has 1 amide bonds. The molecule has 4 heteroatoms. The normalized spacial score (nSPS) is 27.8. The van der Waals surface area contributed by atoms with E-state index in [-0.39, 0.29) is 12.0 Å². The molecular formula is C8H12N2O2. The van der Waals surface area contributed by atoms with Crippen molar-refractivity contribution in [2.75, 3.05) is 6.54 Å². The van der Waals surface area contributed by atoms with E-state index in [2.05, 4.69) is 10.5 Å². The summed E-state index contributed by atoms with van der Waals surface area (Å²) in [5.74, 6) is -0.0290. The molecular weight excluding hydrogens is 156 g/mol. The van der Waals surface area contributed by atoms with Gasteiger partial charge in [0.05, 0.1) is 5.71 Å². The van der Waals surface area contributed by atoms with E-state index in [1.807, 2.05) is 0 Å². The second kappa shape index (κ2) is 3.13. The Morgan fingerprint density at radius 1 is 1.50 bits per heavy atom. The van der Waals surface area contributed by atoms with Gasteiger partial charge in [0.2, 0.25) is 6.10 Å². The van der Waals surface area contributed by atoms with Crippen molar-refractivity contribution in [2.24, 2.45) is 5.16 Å². The summed E-state index contributed by atoms with van der Waals surface area (Å²) in [7, 11) is 0. The van der Waals surface area contributed by atoms with Crippen molar-refractivity contribution in [2.45, 2.75) is 31.8 Å². The van der Waals surface area contributed by atoms with Gasteiger partial charge in [0, 0.05) is 13.0 Å². The summed E-state index contributed by atoms with van der Waals surface area (Å²) < 4.78 is 0. The molecule has 1 N–H and O–H groups in total. The van der Waals surface area contributed by atoms with Gasteiger partial charge in [-0.15, -0.1) is 0 Å². The average molecular weight is 168 g/mol. The van der Waals surface area contributed by atoms with Gasteiger partial charge in [0.15, 0.2) is 0 Å². The van der Waals surface area contributed by atoms with E-state index in [4.69, 9.17) is 4.84 Å². The molecule has 1 heterocycles. The third kappa shape index (κ3) is 1.42. The quantitative estimate of drug-likeness (QED) is 0.608. The van der Waals surface area contributed by atoms with Crippen LogP contribution >= 0.6 is 0 Å². The van der Waals surface area contributed by atoms with Crippen molar-refractivity contribution in [3.8, 4) is 0 Å². The molecule has 4 nitrogen and oxygen atoms in total. The van der Waals surface area contributed by atoms with Crippen molar-refractivity contribution in [3.63, 3.8) is 0 Å². The van der Waals surface area contributed by atoms with E-state index >= 15 is 0 Å². The Morgan fingerprint density at radius 3 is 2.83 bits per heavy atom. The SMILES string of the molecule is O=C1NCCC1ON=C1CCC1. The van der Waals surface area contributed by atoms with Gasteiger partial charge in [-0.3, -0.25) is 4.79 Å². The number of rotatable bonds is 2. The number of hydrogen-bond acceptors (Lipinski definition) is 3. The van der Waals surface area contributed by atoms with Gasteiger partial charge in [-0.2, -0.15) is 0 Å². The number of hydrogen-bond donors (Lipinski definition) is 1. The first kappa shape index (κ1) is 7.58. The molecule has 12 heavy (non-hydrogen) atoms. The minimum absolute atomic E-state index is 0.0290. The van der Waals surface area contributed by atoms with Crippen LogP contribution in [0.4, 0.5) is 0 Å². The summed E-state index contributed by atoms with van der Waals surface area (Å²) in [4.78, 5) is 16.1. The van der Waals surface area contributed by atoms with Crippen LogP contribution in [0, 0.1) is 0 Å². The van der Waals surface area contributed by atoms with Gasteiger partial charge < -0.3 is 10.2 Å². The summed E-state index contributed by atoms with van der Waals surface area (Å²) >= 11 is 0. The van der Waals surface area contributed by atoms with Crippen LogP contribution in [0.5, 0.6) is 0 Å². The molecule has 0 radical (unpaired) electrons. The van der Waals surface area contributed by atoms with Crippen LogP contribution in [0.15, 0.2) is 5.16 Å². The monoisotopic (exact) mass is 168 g/mol. The molecule has 66 valence electrons. The molecule has 2 fully saturated rings. The number of carbonyl (C=O) groups is 1. The number of amides is 1. The molecule has 1 atom stereocenters. The maximum absolute atomic E-state index is 11.0. The van der Waals surface area contributed by atoms with Crippen molar-refractivity contribution < 1.29 is 9.63 Å². The first-order chi connectivity index (χ1) is 5.86. The van der Waals surface area contributed by atoms with Crippen LogP contribution in [-0.2, 0) is 9.63 Å². The molecule has 1 saturated heterocycles. The lowest BCUT2D eigenvalue weighted by Crippen LogP contribution is -2.24. The summed E-state index contributed by atoms with van der Waals surface area (Å²) in [6.07, 6.45) is 3.69. The Labute approximate surface area is 71.0 Å². The molecule has 0 aromatic carbocycles. The highest BCUT2D eigenvalue weighted by Crippen LogP contribution is 2.15. The van der Waals surface area contributed by atoms with Crippen molar-refractivity contribution in [3.05, 3.63) is 0 Å². The largest absolute Gasteiger partial charge is 0.382 e. The highest BCUT2D eigenvalue weighted by molar-refractivity contribution is 5.89. The first-order valence-corrected chi connectivity index (χ1v) is 4.35. The first-order valence-electron chi connectivity index (χ1n) is 4.35. The molecule has 0 bridgehead atoms. The Bertz CT molecular complexity index is 219. The third-order valence-corrected chi connectivity index (χ3v) is 2.24. The topological polar surface area (TPSA) is 50.7 Å². The molecule has 1 unspecified atom stereocenters. The van der Waals surface area contributed by atoms with Gasteiger partial charge in [-0.25, -0.2) is 0 Å². The fourth-order valence-electron chi connectivity index (χ4n) is 1.24. The van der Waals surface area contributed by atoms with Gasteiger partial charge in [-0.05, 0) is 19.3 Å². The smallest absolute Gasteiger partial charge is 0.263 e. The molecule has 0 aromatic heterocycles. The average Bonchev–Trinajstić information content (AvgIpc) is 2.33. The molecule has 0 aromatic rings. The molecule has 1 aliphatic heterocycles. The minimum atomic E-state index is -0.335. The zero-order valence-electron chi connectivity index (χ0n) is 6.88. The fraction of sp³-hybridized carbons (Fsp3) is 0.750. The van der Waals surface area contributed by atoms with E-state index in [0.29, 0.717) is 6.54 Å². The maximum Gasteiger partial charge on any atom is 0.263 e. The van der Waals surface area contributed by atoms with E-state index in [0.717, 1.165) is 25.0 Å². The molecule has 2 rings (SSSR count). The molecule has 2 aliphatic rings. The van der Waals surface area contributed by atoms with Crippen LogP contribution in [0.2, 0.25) is 0 Å². The zero-order chi connectivity index (χ0) is 8.39. The number of nitrogens with zero attached hydrogens (tertiary/aromatic N) is 1. The summed E-state index contributed by atoms with van der Waals surface area (Å²) in [5.41, 5.74) is 1.09. The standard InChI is InChI=1S/C8H12N2O2/c11-8-7(4-5-9-8)12-10-6-2-1-3-6/h7H,1-5H2,(H,9,11). The Morgan fingerprint density at radius 2 is 2.33 bits per heavy atom. The van der Waals surface area contributed by atoms with Crippen LogP contribution in [0.1, 0.15) is 25.7 Å². The lowest BCUT2D eigenvalue weighted by molar-refractivity contribution is -0.129. The predicted molar refractivity (Wildman–Crippen MR) is 43.8 cm³/mol. The second-order valence-electron chi connectivity index (χ2n) is 3.18. The maximum atomic E-state index is 11.0. The van der Waals surface area contributed by atoms with E-state index in [1.165, 1.54) is 6.42 Å². The minimum Gasteiger partial charge on any atom is -0.382 e. The van der Waals surface area contributed by atoms with Crippen LogP contribution < -0.4 is 5.32 Å². The van der Waals surface area contributed by atoms with E-state index in [9.17, 15) is 4.79 Å². The summed E-state index contributed by atoms with van der Waals surface area (Å²) in [6, 6.07) is 0. The lowest BCUT2D eigenvalue weighted by Gasteiger charge is -2.14. The van der Waals surface area contributed by atoms with Crippen LogP contribution in [0.25, 0.3) is 0 Å². The Balaban J connectivity index is 1.82. The Hall–Kier alpha value is -1.06. The number of oxime groups is 1. The highest BCUT2D eigenvalue weighted by atomic mass is 16.6. The molecule has 0 spiro atoms. The van der Waals surface area contributed by atoms with Crippen molar-refractivity contribution >= 4 is 11.6 Å². The van der Waals surface area contributed by atoms with E-state index < -0.39 is 0 Å². The van der Waals surface area contributed by atoms with Crippen LogP contribution in [0.3, 0.4) is 0 Å². The van der Waals surface area contributed by atoms with Crippen molar-refractivity contribution in [1.29, 1.82) is 0 Å². The summed E-state index contributed by atoms with van der Waals surface area (Å²) in [6.45, 7) is 0.717. The fourth-order valence-corrected chi connectivity index (χ4v) is 1.24. The van der Waals surface area contributed by atoms with E-state index in [1.54, 1.807) is 0 Å². The highest BCUT2D eigenvalue weighted by Gasteiger charge is 2.26. The van der Waals surface area contributed by atoms with Gasteiger partial charge >= 0.3 is 0 Å². The van der Waals surface area contributed by atoms with Crippen molar-refractivity contribution in [1.82, 2.24) is 5.32 Å². The van der Waals surface area contributed by atoms with Gasteiger partial charge in [0.1, 0.15) is 0 Å². The predicted octanol–water partition coefficient (Wildman–Crippen LogP) is 0.431. The number of carbonyl (C=O) groups excluding carboxylic acids is 1. The lowest BCUT2D eigenvalue weighted by atomic mass is 9.98.